The molecule has 0 aromatic heterocycles. The Bertz CT molecular complexity index is 184. The van der Waals surface area contributed by atoms with Crippen molar-refractivity contribution in [2.75, 3.05) is 0 Å². The fourth-order valence-electron chi connectivity index (χ4n) is 0.785. The average molecular weight is 138 g/mol. The van der Waals surface area contributed by atoms with Gasteiger partial charge in [0.2, 0.25) is 0 Å². The van der Waals surface area contributed by atoms with Gasteiger partial charge in [-0.2, -0.15) is 0 Å². The van der Waals surface area contributed by atoms with Crippen molar-refractivity contribution in [3.63, 3.8) is 0 Å². The second-order valence-electron chi connectivity index (χ2n) is 2.16. The first-order valence-electron chi connectivity index (χ1n) is 3.19. The molecule has 0 amide bonds. The largest absolute Gasteiger partial charge is 0.251 e. The molecule has 1 rings (SSSR count). The highest BCUT2D eigenvalue weighted by atomic mass is 17.1. The van der Waals surface area contributed by atoms with Gasteiger partial charge in [0.15, 0.2) is 0 Å². The zero-order valence-corrected chi connectivity index (χ0v) is 5.82. The van der Waals surface area contributed by atoms with Crippen molar-refractivity contribution >= 4 is 0 Å². The molecule has 54 valence electrons. The van der Waals surface area contributed by atoms with Gasteiger partial charge in [0.25, 0.3) is 0 Å². The minimum atomic E-state index is -0.235. The van der Waals surface area contributed by atoms with E-state index >= 15 is 0 Å². The molecule has 1 N–H and O–H groups in total. The van der Waals surface area contributed by atoms with Crippen molar-refractivity contribution in [1.29, 1.82) is 0 Å². The lowest BCUT2D eigenvalue weighted by Crippen LogP contribution is -1.94. The molecule has 0 aliphatic heterocycles. The van der Waals surface area contributed by atoms with E-state index < -0.39 is 0 Å². The molecule has 0 radical (unpaired) electrons. The van der Waals surface area contributed by atoms with Crippen LogP contribution in [-0.2, 0) is 4.89 Å². The van der Waals surface area contributed by atoms with Gasteiger partial charge in [-0.25, -0.2) is 4.89 Å². The summed E-state index contributed by atoms with van der Waals surface area (Å²) in [6.07, 6.45) is -0.235. The normalized spacial score (nSPS) is 13.0. The highest BCUT2D eigenvalue weighted by molar-refractivity contribution is 5.16. The molecule has 2 heteroatoms. The summed E-state index contributed by atoms with van der Waals surface area (Å²) in [6.45, 7) is 1.79. The van der Waals surface area contributed by atoms with Crippen molar-refractivity contribution in [3.8, 4) is 0 Å². The highest BCUT2D eigenvalue weighted by Gasteiger charge is 2.01. The van der Waals surface area contributed by atoms with E-state index in [4.69, 9.17) is 5.26 Å². The van der Waals surface area contributed by atoms with E-state index in [2.05, 4.69) is 4.89 Å². The summed E-state index contributed by atoms with van der Waals surface area (Å²) < 4.78 is 0. The van der Waals surface area contributed by atoms with Crippen LogP contribution in [0, 0.1) is 0 Å². The Balaban J connectivity index is 2.75. The summed E-state index contributed by atoms with van der Waals surface area (Å²) in [5, 5.41) is 8.29. The minimum absolute atomic E-state index is 0.235. The van der Waals surface area contributed by atoms with Gasteiger partial charge in [-0.15, -0.1) is 0 Å². The smallest absolute Gasteiger partial charge is 0.115 e. The zero-order chi connectivity index (χ0) is 7.40. The Morgan fingerprint density at radius 1 is 1.30 bits per heavy atom. The van der Waals surface area contributed by atoms with Gasteiger partial charge in [-0.05, 0) is 12.5 Å². The van der Waals surface area contributed by atoms with Crippen molar-refractivity contribution in [2.45, 2.75) is 13.0 Å². The molecule has 0 aliphatic rings. The van der Waals surface area contributed by atoms with Crippen LogP contribution in [-0.4, -0.2) is 5.26 Å². The standard InChI is InChI=1S/C8H10O2/c1-7(10-9)8-5-3-2-4-6-8/h2-7,9H,1H3/t7-/m1/s1. The lowest BCUT2D eigenvalue weighted by Gasteiger charge is -2.05. The molecular weight excluding hydrogens is 128 g/mol. The summed E-state index contributed by atoms with van der Waals surface area (Å²) in [5.41, 5.74) is 0.977. The van der Waals surface area contributed by atoms with Crippen molar-refractivity contribution in [1.82, 2.24) is 0 Å². The monoisotopic (exact) mass is 138 g/mol. The fourth-order valence-corrected chi connectivity index (χ4v) is 0.785. The summed E-state index contributed by atoms with van der Waals surface area (Å²) in [7, 11) is 0. The van der Waals surface area contributed by atoms with E-state index in [0.29, 0.717) is 0 Å². The highest BCUT2D eigenvalue weighted by Crippen LogP contribution is 2.13. The van der Waals surface area contributed by atoms with Crippen LogP contribution in [0.3, 0.4) is 0 Å². The van der Waals surface area contributed by atoms with Crippen LogP contribution in [0.15, 0.2) is 30.3 Å². The summed E-state index contributed by atoms with van der Waals surface area (Å²) in [5.74, 6) is 0. The quantitative estimate of drug-likeness (QED) is 0.501. The van der Waals surface area contributed by atoms with Crippen LogP contribution in [0.1, 0.15) is 18.6 Å². The lowest BCUT2D eigenvalue weighted by atomic mass is 10.1. The van der Waals surface area contributed by atoms with Crippen molar-refractivity contribution in [2.24, 2.45) is 0 Å². The zero-order valence-electron chi connectivity index (χ0n) is 5.82. The molecule has 0 aliphatic carbocycles. The molecule has 0 unspecified atom stereocenters. The van der Waals surface area contributed by atoms with Crippen LogP contribution in [0.25, 0.3) is 0 Å². The maximum absolute atomic E-state index is 8.29. The maximum Gasteiger partial charge on any atom is 0.115 e. The summed E-state index contributed by atoms with van der Waals surface area (Å²) in [4.78, 5) is 4.14. The number of benzene rings is 1. The Morgan fingerprint density at radius 3 is 2.40 bits per heavy atom. The van der Waals surface area contributed by atoms with Crippen LogP contribution < -0.4 is 0 Å². The van der Waals surface area contributed by atoms with Gasteiger partial charge in [0.05, 0.1) is 0 Å². The Labute approximate surface area is 60.0 Å². The van der Waals surface area contributed by atoms with Crippen LogP contribution in [0.5, 0.6) is 0 Å². The molecule has 2 nitrogen and oxygen atoms in total. The Hall–Kier alpha value is -0.860. The van der Waals surface area contributed by atoms with E-state index in [-0.39, 0.29) is 6.10 Å². The Morgan fingerprint density at radius 2 is 1.90 bits per heavy atom. The Kier molecular flexibility index (Phi) is 2.42. The van der Waals surface area contributed by atoms with Gasteiger partial charge >= 0.3 is 0 Å². The third-order valence-corrected chi connectivity index (χ3v) is 1.43. The van der Waals surface area contributed by atoms with Crippen LogP contribution in [0.2, 0.25) is 0 Å². The minimum Gasteiger partial charge on any atom is -0.251 e. The van der Waals surface area contributed by atoms with Crippen molar-refractivity contribution < 1.29 is 10.1 Å². The lowest BCUT2D eigenvalue weighted by molar-refractivity contribution is -0.277. The van der Waals surface area contributed by atoms with E-state index in [0.717, 1.165) is 5.56 Å². The molecule has 0 heterocycles. The first-order valence-corrected chi connectivity index (χ1v) is 3.19. The first-order chi connectivity index (χ1) is 4.84. The molecule has 0 spiro atoms. The van der Waals surface area contributed by atoms with Gasteiger partial charge in [-0.1, -0.05) is 30.3 Å². The molecular formula is C8H10O2. The van der Waals surface area contributed by atoms with Crippen LogP contribution >= 0.6 is 0 Å². The molecule has 10 heavy (non-hydrogen) atoms. The molecule has 0 saturated carbocycles. The van der Waals surface area contributed by atoms with E-state index in [1.54, 1.807) is 6.92 Å². The first kappa shape index (κ1) is 7.25. The van der Waals surface area contributed by atoms with Gasteiger partial charge in [0, 0.05) is 0 Å². The van der Waals surface area contributed by atoms with E-state index in [1.165, 1.54) is 0 Å². The average Bonchev–Trinajstić information content (AvgIpc) is 2.05. The second kappa shape index (κ2) is 3.34. The molecule has 1 aromatic rings. The molecule has 0 bridgehead atoms. The van der Waals surface area contributed by atoms with Crippen LogP contribution in [0.4, 0.5) is 0 Å². The number of rotatable bonds is 2. The SMILES string of the molecule is C[C@@H](OO)c1ccccc1. The topological polar surface area (TPSA) is 29.5 Å². The predicted molar refractivity (Wildman–Crippen MR) is 38.6 cm³/mol. The van der Waals surface area contributed by atoms with E-state index in [1.807, 2.05) is 30.3 Å². The summed E-state index contributed by atoms with van der Waals surface area (Å²) in [6, 6.07) is 9.55. The fraction of sp³-hybridized carbons (Fsp3) is 0.250. The molecule has 1 atom stereocenters. The molecule has 0 fully saturated rings. The van der Waals surface area contributed by atoms with Crippen molar-refractivity contribution in [3.05, 3.63) is 35.9 Å². The summed E-state index contributed by atoms with van der Waals surface area (Å²) >= 11 is 0. The second-order valence-corrected chi connectivity index (χ2v) is 2.16. The maximum atomic E-state index is 8.29. The predicted octanol–water partition coefficient (Wildman–Crippen LogP) is 2.24. The number of hydrogen-bond acceptors (Lipinski definition) is 2. The van der Waals surface area contributed by atoms with Gasteiger partial charge in [0.1, 0.15) is 6.10 Å². The van der Waals surface area contributed by atoms with E-state index in [9.17, 15) is 0 Å². The number of hydrogen-bond donors (Lipinski definition) is 1. The third-order valence-electron chi connectivity index (χ3n) is 1.43. The molecule has 0 saturated heterocycles. The molecule has 1 aromatic carbocycles. The van der Waals surface area contributed by atoms with Gasteiger partial charge in [-0.3, -0.25) is 5.26 Å². The third kappa shape index (κ3) is 1.56. The van der Waals surface area contributed by atoms with Gasteiger partial charge < -0.3 is 0 Å².